The fourth-order valence-electron chi connectivity index (χ4n) is 1.09. The van der Waals surface area contributed by atoms with E-state index in [0.717, 1.165) is 5.56 Å². The number of hydrogen-bond acceptors (Lipinski definition) is 5. The number of hydrogen-bond donors (Lipinski definition) is 2. The van der Waals surface area contributed by atoms with Gasteiger partial charge in [-0.2, -0.15) is 0 Å². The third-order valence-corrected chi connectivity index (χ3v) is 1.67. The molecule has 0 spiro atoms. The minimum Gasteiger partial charge on any atom is -0.496 e. The van der Waals surface area contributed by atoms with Crippen LogP contribution in [0.15, 0.2) is 12.3 Å². The molecule has 0 saturated heterocycles. The highest BCUT2D eigenvalue weighted by atomic mass is 16.5. The average Bonchev–Trinajstić information content (AvgIpc) is 2.18. The van der Waals surface area contributed by atoms with Crippen molar-refractivity contribution in [3.05, 3.63) is 17.8 Å². The highest BCUT2D eigenvalue weighted by molar-refractivity contribution is 5.39. The number of nitrogens with one attached hydrogen (secondary N) is 1. The van der Waals surface area contributed by atoms with Gasteiger partial charge in [-0.1, -0.05) is 0 Å². The van der Waals surface area contributed by atoms with Crippen molar-refractivity contribution < 1.29 is 9.47 Å². The summed E-state index contributed by atoms with van der Waals surface area (Å²) in [5, 5.41) is 0. The third-order valence-electron chi connectivity index (χ3n) is 1.67. The first-order valence-electron chi connectivity index (χ1n) is 3.82. The second-order valence-electron chi connectivity index (χ2n) is 2.38. The minimum atomic E-state index is 0.459. The van der Waals surface area contributed by atoms with Gasteiger partial charge in [-0.15, -0.1) is 0 Å². The van der Waals surface area contributed by atoms with Gasteiger partial charge in [0.2, 0.25) is 5.88 Å². The largest absolute Gasteiger partial charge is 0.496 e. The Hall–Kier alpha value is -1.33. The summed E-state index contributed by atoms with van der Waals surface area (Å²) in [5.41, 5.74) is 3.35. The van der Waals surface area contributed by atoms with Crippen LogP contribution in [-0.4, -0.2) is 19.2 Å². The van der Waals surface area contributed by atoms with E-state index in [4.69, 9.17) is 15.3 Å². The molecule has 0 fully saturated rings. The molecule has 5 heteroatoms. The van der Waals surface area contributed by atoms with E-state index in [0.29, 0.717) is 18.2 Å². The third kappa shape index (κ3) is 2.07. The van der Waals surface area contributed by atoms with E-state index in [1.807, 2.05) is 0 Å². The standard InChI is InChI=1S/C8H13N3O2/c1-12-7-3-4-10-8(13-2)6(7)5-11-9/h3-4,11H,5,9H2,1-2H3. The summed E-state index contributed by atoms with van der Waals surface area (Å²) in [6.07, 6.45) is 1.62. The molecule has 0 amide bonds. The molecular weight excluding hydrogens is 170 g/mol. The molecule has 1 aromatic heterocycles. The number of rotatable bonds is 4. The molecule has 1 aromatic rings. The van der Waals surface area contributed by atoms with Gasteiger partial charge >= 0.3 is 0 Å². The lowest BCUT2D eigenvalue weighted by atomic mass is 10.2. The molecule has 1 rings (SSSR count). The van der Waals surface area contributed by atoms with Crippen molar-refractivity contribution in [2.75, 3.05) is 14.2 Å². The monoisotopic (exact) mass is 183 g/mol. The number of pyridine rings is 1. The molecule has 0 saturated carbocycles. The quantitative estimate of drug-likeness (QED) is 0.510. The number of ether oxygens (including phenoxy) is 2. The Labute approximate surface area is 76.8 Å². The molecule has 5 nitrogen and oxygen atoms in total. The lowest BCUT2D eigenvalue weighted by Crippen LogP contribution is -2.21. The number of hydrazine groups is 1. The van der Waals surface area contributed by atoms with Crippen molar-refractivity contribution in [1.29, 1.82) is 0 Å². The summed E-state index contributed by atoms with van der Waals surface area (Å²) in [7, 11) is 3.15. The maximum atomic E-state index is 5.22. The normalized spacial score (nSPS) is 9.77. The molecule has 0 unspecified atom stereocenters. The summed E-state index contributed by atoms with van der Waals surface area (Å²) in [6, 6.07) is 1.76. The molecule has 3 N–H and O–H groups in total. The number of nitrogens with two attached hydrogens (primary N) is 1. The number of aromatic nitrogens is 1. The maximum Gasteiger partial charge on any atom is 0.221 e. The fraction of sp³-hybridized carbons (Fsp3) is 0.375. The molecular formula is C8H13N3O2. The Bertz CT molecular complexity index is 256. The zero-order valence-electron chi connectivity index (χ0n) is 7.70. The topological polar surface area (TPSA) is 69.4 Å². The zero-order chi connectivity index (χ0) is 9.68. The van der Waals surface area contributed by atoms with Crippen LogP contribution in [0.3, 0.4) is 0 Å². The van der Waals surface area contributed by atoms with Gasteiger partial charge in [-0.25, -0.2) is 4.98 Å². The summed E-state index contributed by atoms with van der Waals surface area (Å²) in [6.45, 7) is 0.459. The summed E-state index contributed by atoms with van der Waals surface area (Å²) >= 11 is 0. The van der Waals surface area contributed by atoms with Gasteiger partial charge in [0, 0.05) is 12.7 Å². The predicted molar refractivity (Wildman–Crippen MR) is 48.4 cm³/mol. The second-order valence-corrected chi connectivity index (χ2v) is 2.38. The SMILES string of the molecule is COc1ccnc(OC)c1CNN. The van der Waals surface area contributed by atoms with E-state index in [2.05, 4.69) is 10.4 Å². The molecule has 1 heterocycles. The highest BCUT2D eigenvalue weighted by Crippen LogP contribution is 2.24. The van der Waals surface area contributed by atoms with Crippen molar-refractivity contribution in [3.8, 4) is 11.6 Å². The lowest BCUT2D eigenvalue weighted by Gasteiger charge is -2.10. The highest BCUT2D eigenvalue weighted by Gasteiger charge is 2.09. The van der Waals surface area contributed by atoms with Gasteiger partial charge in [0.05, 0.1) is 19.8 Å². The summed E-state index contributed by atoms with van der Waals surface area (Å²) in [4.78, 5) is 4.03. The summed E-state index contributed by atoms with van der Waals surface area (Å²) < 4.78 is 10.2. The van der Waals surface area contributed by atoms with Crippen LogP contribution in [0.4, 0.5) is 0 Å². The molecule has 0 atom stereocenters. The fourth-order valence-corrected chi connectivity index (χ4v) is 1.09. The molecule has 72 valence electrons. The van der Waals surface area contributed by atoms with E-state index in [9.17, 15) is 0 Å². The first-order valence-corrected chi connectivity index (χ1v) is 3.82. The summed E-state index contributed by atoms with van der Waals surface area (Å²) in [5.74, 6) is 6.46. The van der Waals surface area contributed by atoms with E-state index in [1.165, 1.54) is 0 Å². The van der Waals surface area contributed by atoms with Crippen LogP contribution < -0.4 is 20.7 Å². The van der Waals surface area contributed by atoms with Crippen LogP contribution in [0.5, 0.6) is 11.6 Å². The van der Waals surface area contributed by atoms with E-state index >= 15 is 0 Å². The van der Waals surface area contributed by atoms with Crippen LogP contribution in [0.1, 0.15) is 5.56 Å². The maximum absolute atomic E-state index is 5.22. The van der Waals surface area contributed by atoms with Crippen LogP contribution in [-0.2, 0) is 6.54 Å². The molecule has 0 aliphatic heterocycles. The number of methoxy groups -OCH3 is 2. The zero-order valence-corrected chi connectivity index (χ0v) is 7.70. The predicted octanol–water partition coefficient (Wildman–Crippen LogP) is 0.0621. The van der Waals surface area contributed by atoms with Crippen LogP contribution in [0, 0.1) is 0 Å². The van der Waals surface area contributed by atoms with Crippen LogP contribution >= 0.6 is 0 Å². The van der Waals surface area contributed by atoms with Crippen molar-refractivity contribution >= 4 is 0 Å². The Balaban J connectivity index is 3.05. The smallest absolute Gasteiger partial charge is 0.221 e. The van der Waals surface area contributed by atoms with Gasteiger partial charge in [0.25, 0.3) is 0 Å². The molecule has 0 aromatic carbocycles. The molecule has 0 aliphatic carbocycles. The van der Waals surface area contributed by atoms with E-state index in [-0.39, 0.29) is 0 Å². The van der Waals surface area contributed by atoms with Gasteiger partial charge < -0.3 is 9.47 Å². The minimum absolute atomic E-state index is 0.459. The van der Waals surface area contributed by atoms with E-state index < -0.39 is 0 Å². The number of nitrogens with zero attached hydrogens (tertiary/aromatic N) is 1. The van der Waals surface area contributed by atoms with Crippen molar-refractivity contribution in [1.82, 2.24) is 10.4 Å². The van der Waals surface area contributed by atoms with Crippen LogP contribution in [0.25, 0.3) is 0 Å². The Kier molecular flexibility index (Phi) is 3.48. The Morgan fingerprint density at radius 2 is 2.23 bits per heavy atom. The second kappa shape index (κ2) is 4.64. The van der Waals surface area contributed by atoms with E-state index in [1.54, 1.807) is 26.5 Å². The lowest BCUT2D eigenvalue weighted by molar-refractivity contribution is 0.370. The molecule has 0 aliphatic rings. The van der Waals surface area contributed by atoms with Gasteiger partial charge in [-0.3, -0.25) is 11.3 Å². The Morgan fingerprint density at radius 3 is 2.77 bits per heavy atom. The molecule has 0 radical (unpaired) electrons. The van der Waals surface area contributed by atoms with Gasteiger partial charge in [-0.05, 0) is 6.07 Å². The van der Waals surface area contributed by atoms with Crippen molar-refractivity contribution in [2.45, 2.75) is 6.54 Å². The molecule has 0 bridgehead atoms. The Morgan fingerprint density at radius 1 is 1.46 bits per heavy atom. The first-order chi connectivity index (χ1) is 6.33. The van der Waals surface area contributed by atoms with Gasteiger partial charge in [0.1, 0.15) is 5.75 Å². The molecule has 13 heavy (non-hydrogen) atoms. The first kappa shape index (κ1) is 9.76. The van der Waals surface area contributed by atoms with Crippen LogP contribution in [0.2, 0.25) is 0 Å². The van der Waals surface area contributed by atoms with Gasteiger partial charge in [0.15, 0.2) is 0 Å². The van der Waals surface area contributed by atoms with Crippen molar-refractivity contribution in [2.24, 2.45) is 5.84 Å². The average molecular weight is 183 g/mol. The van der Waals surface area contributed by atoms with Crippen molar-refractivity contribution in [3.63, 3.8) is 0 Å².